The first-order valence-electron chi connectivity index (χ1n) is 5.46. The smallest absolute Gasteiger partial charge is 0.0559 e. The van der Waals surface area contributed by atoms with Gasteiger partial charge in [-0.05, 0) is 24.0 Å². The Balaban J connectivity index is 2.41. The van der Waals surface area contributed by atoms with Crippen LogP contribution in [0.3, 0.4) is 0 Å². The van der Waals surface area contributed by atoms with Gasteiger partial charge in [-0.3, -0.25) is 4.99 Å². The number of aliphatic hydroxyl groups excluding tert-OH is 1. The SMILES string of the molecule is CC(C)C12C=CC=CC1=NC=C2CCO. The maximum absolute atomic E-state index is 9.08. The lowest BCUT2D eigenvalue weighted by atomic mass is 9.67. The van der Waals surface area contributed by atoms with Gasteiger partial charge in [-0.15, -0.1) is 0 Å². The molecule has 0 saturated heterocycles. The zero-order valence-corrected chi connectivity index (χ0v) is 9.27. The highest BCUT2D eigenvalue weighted by molar-refractivity contribution is 6.06. The van der Waals surface area contributed by atoms with E-state index in [1.807, 2.05) is 12.3 Å². The van der Waals surface area contributed by atoms with Crippen molar-refractivity contribution in [3.63, 3.8) is 0 Å². The highest BCUT2D eigenvalue weighted by Gasteiger charge is 2.42. The van der Waals surface area contributed by atoms with Crippen molar-refractivity contribution in [2.24, 2.45) is 16.3 Å². The van der Waals surface area contributed by atoms with Crippen LogP contribution in [0.1, 0.15) is 20.3 Å². The zero-order chi connectivity index (χ0) is 10.9. The Morgan fingerprint density at radius 3 is 2.87 bits per heavy atom. The minimum Gasteiger partial charge on any atom is -0.396 e. The molecule has 1 N–H and O–H groups in total. The zero-order valence-electron chi connectivity index (χ0n) is 9.27. The van der Waals surface area contributed by atoms with E-state index in [-0.39, 0.29) is 12.0 Å². The Labute approximate surface area is 90.7 Å². The van der Waals surface area contributed by atoms with Crippen LogP contribution in [0.25, 0.3) is 0 Å². The molecule has 2 aliphatic rings. The normalized spacial score (nSPS) is 28.0. The van der Waals surface area contributed by atoms with Crippen molar-refractivity contribution in [3.05, 3.63) is 36.1 Å². The van der Waals surface area contributed by atoms with Gasteiger partial charge in [0.15, 0.2) is 0 Å². The van der Waals surface area contributed by atoms with E-state index in [0.29, 0.717) is 12.3 Å². The molecule has 80 valence electrons. The predicted molar refractivity (Wildman–Crippen MR) is 62.8 cm³/mol. The summed E-state index contributed by atoms with van der Waals surface area (Å²) in [5.41, 5.74) is 2.29. The number of hydrogen-bond acceptors (Lipinski definition) is 2. The van der Waals surface area contributed by atoms with Crippen LogP contribution in [-0.4, -0.2) is 17.4 Å². The standard InChI is InChI=1S/C13H17NO/c1-10(2)13-7-4-3-5-12(13)14-9-11(13)6-8-15/h3-5,7,9-10,15H,6,8H2,1-2H3. The number of rotatable bonds is 3. The van der Waals surface area contributed by atoms with Crippen molar-refractivity contribution >= 4 is 5.71 Å². The van der Waals surface area contributed by atoms with Crippen LogP contribution in [0.2, 0.25) is 0 Å². The minimum absolute atomic E-state index is 0.0581. The summed E-state index contributed by atoms with van der Waals surface area (Å²) in [6, 6.07) is 0. The van der Waals surface area contributed by atoms with E-state index in [9.17, 15) is 0 Å². The van der Waals surface area contributed by atoms with Gasteiger partial charge in [0.2, 0.25) is 0 Å². The lowest BCUT2D eigenvalue weighted by Crippen LogP contribution is -2.34. The van der Waals surface area contributed by atoms with Gasteiger partial charge < -0.3 is 5.11 Å². The molecule has 0 aromatic heterocycles. The minimum atomic E-state index is -0.0581. The van der Waals surface area contributed by atoms with E-state index >= 15 is 0 Å². The summed E-state index contributed by atoms with van der Waals surface area (Å²) >= 11 is 0. The van der Waals surface area contributed by atoms with E-state index < -0.39 is 0 Å². The van der Waals surface area contributed by atoms with Crippen LogP contribution in [0.15, 0.2) is 41.1 Å². The van der Waals surface area contributed by atoms with Crippen LogP contribution in [-0.2, 0) is 0 Å². The monoisotopic (exact) mass is 203 g/mol. The Bertz CT molecular complexity index is 374. The second kappa shape index (κ2) is 3.78. The van der Waals surface area contributed by atoms with Gasteiger partial charge in [0.1, 0.15) is 0 Å². The molecule has 0 aromatic rings. The molecular formula is C13H17NO. The molecule has 15 heavy (non-hydrogen) atoms. The first-order chi connectivity index (χ1) is 7.21. The second-order valence-electron chi connectivity index (χ2n) is 4.38. The Kier molecular flexibility index (Phi) is 2.61. The number of aliphatic imine (C=N–C) groups is 1. The molecule has 0 amide bonds. The molecule has 0 aromatic carbocycles. The van der Waals surface area contributed by atoms with Gasteiger partial charge in [-0.25, -0.2) is 0 Å². The Morgan fingerprint density at radius 1 is 1.40 bits per heavy atom. The topological polar surface area (TPSA) is 32.6 Å². The summed E-state index contributed by atoms with van der Waals surface area (Å²) < 4.78 is 0. The molecular weight excluding hydrogens is 186 g/mol. The summed E-state index contributed by atoms with van der Waals surface area (Å²) in [5, 5.41) is 9.08. The van der Waals surface area contributed by atoms with Crippen molar-refractivity contribution < 1.29 is 5.11 Å². The van der Waals surface area contributed by atoms with Gasteiger partial charge in [-0.1, -0.05) is 32.1 Å². The van der Waals surface area contributed by atoms with Crippen LogP contribution < -0.4 is 0 Å². The van der Waals surface area contributed by atoms with Crippen molar-refractivity contribution in [1.29, 1.82) is 0 Å². The van der Waals surface area contributed by atoms with Crippen molar-refractivity contribution in [3.8, 4) is 0 Å². The first kappa shape index (κ1) is 10.4. The lowest BCUT2D eigenvalue weighted by molar-refractivity contribution is 0.288. The summed E-state index contributed by atoms with van der Waals surface area (Å²) in [6.07, 6.45) is 11.0. The van der Waals surface area contributed by atoms with E-state index in [4.69, 9.17) is 5.11 Å². The molecule has 1 atom stereocenters. The fourth-order valence-electron chi connectivity index (χ4n) is 2.50. The molecule has 1 aliphatic carbocycles. The molecule has 2 heteroatoms. The van der Waals surface area contributed by atoms with Gasteiger partial charge in [-0.2, -0.15) is 0 Å². The number of nitrogens with zero attached hydrogens (tertiary/aromatic N) is 1. The number of aliphatic hydroxyl groups is 1. The molecule has 0 spiro atoms. The van der Waals surface area contributed by atoms with Crippen molar-refractivity contribution in [2.45, 2.75) is 20.3 Å². The molecule has 1 unspecified atom stereocenters. The number of hydrogen-bond donors (Lipinski definition) is 1. The maximum Gasteiger partial charge on any atom is 0.0559 e. The van der Waals surface area contributed by atoms with Crippen molar-refractivity contribution in [1.82, 2.24) is 0 Å². The van der Waals surface area contributed by atoms with Gasteiger partial charge >= 0.3 is 0 Å². The van der Waals surface area contributed by atoms with Gasteiger partial charge in [0.25, 0.3) is 0 Å². The van der Waals surface area contributed by atoms with Crippen LogP contribution >= 0.6 is 0 Å². The summed E-state index contributed by atoms with van der Waals surface area (Å²) in [4.78, 5) is 4.46. The fraction of sp³-hybridized carbons (Fsp3) is 0.462. The molecule has 2 rings (SSSR count). The molecule has 0 radical (unpaired) electrons. The quantitative estimate of drug-likeness (QED) is 0.751. The summed E-state index contributed by atoms with van der Waals surface area (Å²) in [6.45, 7) is 4.60. The number of allylic oxidation sites excluding steroid dienone is 4. The molecule has 0 saturated carbocycles. The molecule has 1 heterocycles. The highest BCUT2D eigenvalue weighted by atomic mass is 16.3. The van der Waals surface area contributed by atoms with E-state index in [1.54, 1.807) is 0 Å². The molecule has 1 aliphatic heterocycles. The third-order valence-electron chi connectivity index (χ3n) is 3.33. The first-order valence-corrected chi connectivity index (χ1v) is 5.46. The van der Waals surface area contributed by atoms with E-state index in [2.05, 4.69) is 37.1 Å². The van der Waals surface area contributed by atoms with E-state index in [1.165, 1.54) is 5.57 Å². The Morgan fingerprint density at radius 2 is 2.20 bits per heavy atom. The van der Waals surface area contributed by atoms with E-state index in [0.717, 1.165) is 5.71 Å². The maximum atomic E-state index is 9.08. The highest BCUT2D eigenvalue weighted by Crippen LogP contribution is 2.45. The lowest BCUT2D eigenvalue weighted by Gasteiger charge is -2.35. The van der Waals surface area contributed by atoms with Crippen molar-refractivity contribution in [2.75, 3.05) is 6.61 Å². The van der Waals surface area contributed by atoms with Crippen LogP contribution in [0.4, 0.5) is 0 Å². The summed E-state index contributed by atoms with van der Waals surface area (Å²) in [7, 11) is 0. The largest absolute Gasteiger partial charge is 0.396 e. The fourth-order valence-corrected chi connectivity index (χ4v) is 2.50. The molecule has 0 bridgehead atoms. The molecule has 0 fully saturated rings. The third-order valence-corrected chi connectivity index (χ3v) is 3.33. The van der Waals surface area contributed by atoms with Crippen LogP contribution in [0.5, 0.6) is 0 Å². The summed E-state index contributed by atoms with van der Waals surface area (Å²) in [5.74, 6) is 0.470. The van der Waals surface area contributed by atoms with Crippen LogP contribution in [0, 0.1) is 11.3 Å². The third kappa shape index (κ3) is 1.40. The Hall–Kier alpha value is -1.15. The van der Waals surface area contributed by atoms with Gasteiger partial charge in [0, 0.05) is 12.8 Å². The average Bonchev–Trinajstić information content (AvgIpc) is 2.60. The number of fused-ring (bicyclic) bond motifs is 1. The predicted octanol–water partition coefficient (Wildman–Crippen LogP) is 2.48. The van der Waals surface area contributed by atoms with Gasteiger partial charge in [0.05, 0.1) is 11.1 Å². The molecule has 2 nitrogen and oxygen atoms in total. The second-order valence-corrected chi connectivity index (χ2v) is 4.38. The average molecular weight is 203 g/mol.